The average molecular weight is 274 g/mol. The zero-order chi connectivity index (χ0) is 12.3. The summed E-state index contributed by atoms with van der Waals surface area (Å²) in [6.45, 7) is 2.99. The predicted octanol–water partition coefficient (Wildman–Crippen LogP) is 2.57. The number of nitrogens with one attached hydrogen (secondary N) is 1. The van der Waals surface area contributed by atoms with Crippen molar-refractivity contribution in [3.8, 4) is 0 Å². The second-order valence-electron chi connectivity index (χ2n) is 4.57. The SMILES string of the molecule is CN(Cc1ccc(Cl)nc1Cl)CC1CCCN1. The van der Waals surface area contributed by atoms with Crippen LogP contribution in [0.15, 0.2) is 12.1 Å². The fourth-order valence-electron chi connectivity index (χ4n) is 2.20. The summed E-state index contributed by atoms with van der Waals surface area (Å²) < 4.78 is 0. The Hall–Kier alpha value is -0.350. The summed E-state index contributed by atoms with van der Waals surface area (Å²) in [7, 11) is 2.10. The van der Waals surface area contributed by atoms with Crippen LogP contribution in [0.4, 0.5) is 0 Å². The monoisotopic (exact) mass is 273 g/mol. The van der Waals surface area contributed by atoms with Crippen molar-refractivity contribution in [3.63, 3.8) is 0 Å². The van der Waals surface area contributed by atoms with Crippen molar-refractivity contribution in [2.24, 2.45) is 0 Å². The molecule has 0 radical (unpaired) electrons. The van der Waals surface area contributed by atoms with E-state index in [1.165, 1.54) is 12.8 Å². The summed E-state index contributed by atoms with van der Waals surface area (Å²) in [6.07, 6.45) is 2.54. The maximum absolute atomic E-state index is 6.05. The highest BCUT2D eigenvalue weighted by atomic mass is 35.5. The Balaban J connectivity index is 1.90. The molecule has 1 fully saturated rings. The predicted molar refractivity (Wildman–Crippen MR) is 71.6 cm³/mol. The molecule has 0 saturated carbocycles. The molecule has 3 nitrogen and oxygen atoms in total. The lowest BCUT2D eigenvalue weighted by Gasteiger charge is -2.21. The van der Waals surface area contributed by atoms with Gasteiger partial charge in [-0.1, -0.05) is 29.3 Å². The zero-order valence-corrected chi connectivity index (χ0v) is 11.4. The van der Waals surface area contributed by atoms with Crippen LogP contribution in [0.2, 0.25) is 10.3 Å². The van der Waals surface area contributed by atoms with Gasteiger partial charge in [-0.2, -0.15) is 0 Å². The Bertz CT molecular complexity index is 378. The Morgan fingerprint density at radius 1 is 1.47 bits per heavy atom. The van der Waals surface area contributed by atoms with Gasteiger partial charge < -0.3 is 10.2 Å². The minimum absolute atomic E-state index is 0.443. The van der Waals surface area contributed by atoms with E-state index < -0.39 is 0 Å². The molecule has 1 aromatic heterocycles. The number of hydrogen-bond acceptors (Lipinski definition) is 3. The van der Waals surface area contributed by atoms with Gasteiger partial charge in [0.2, 0.25) is 0 Å². The van der Waals surface area contributed by atoms with Crippen LogP contribution in [0.1, 0.15) is 18.4 Å². The number of nitrogens with zero attached hydrogens (tertiary/aromatic N) is 2. The molecule has 1 saturated heterocycles. The van der Waals surface area contributed by atoms with Gasteiger partial charge in [0, 0.05) is 24.7 Å². The van der Waals surface area contributed by atoms with E-state index in [1.54, 1.807) is 6.07 Å². The number of hydrogen-bond donors (Lipinski definition) is 1. The molecule has 1 aliphatic heterocycles. The second-order valence-corrected chi connectivity index (χ2v) is 5.32. The second kappa shape index (κ2) is 6.01. The van der Waals surface area contributed by atoms with E-state index in [2.05, 4.69) is 22.2 Å². The molecule has 17 heavy (non-hydrogen) atoms. The molecule has 1 unspecified atom stereocenters. The van der Waals surface area contributed by atoms with Gasteiger partial charge in [0.1, 0.15) is 10.3 Å². The first-order valence-corrected chi connectivity index (χ1v) is 6.63. The summed E-state index contributed by atoms with van der Waals surface area (Å²) >= 11 is 11.8. The normalized spacial score (nSPS) is 20.1. The summed E-state index contributed by atoms with van der Waals surface area (Å²) in [5.74, 6) is 0. The first kappa shape index (κ1) is 13.1. The fourth-order valence-corrected chi connectivity index (χ4v) is 2.61. The molecule has 1 N–H and O–H groups in total. The third kappa shape index (κ3) is 3.81. The molecule has 0 aromatic carbocycles. The third-order valence-corrected chi connectivity index (χ3v) is 3.56. The highest BCUT2D eigenvalue weighted by Gasteiger charge is 2.16. The van der Waals surface area contributed by atoms with Crippen molar-refractivity contribution >= 4 is 23.2 Å². The Labute approximate surface area is 112 Å². The topological polar surface area (TPSA) is 28.2 Å². The Kier molecular flexibility index (Phi) is 4.62. The van der Waals surface area contributed by atoms with Crippen LogP contribution in [0.5, 0.6) is 0 Å². The van der Waals surface area contributed by atoms with E-state index in [-0.39, 0.29) is 0 Å². The molecule has 94 valence electrons. The largest absolute Gasteiger partial charge is 0.313 e. The highest BCUT2D eigenvalue weighted by Crippen LogP contribution is 2.18. The van der Waals surface area contributed by atoms with Gasteiger partial charge in [0.15, 0.2) is 0 Å². The summed E-state index contributed by atoms with van der Waals surface area (Å²) in [5.41, 5.74) is 1.02. The van der Waals surface area contributed by atoms with Crippen LogP contribution in [0.25, 0.3) is 0 Å². The average Bonchev–Trinajstić information content (AvgIpc) is 2.75. The molecule has 2 rings (SSSR count). The van der Waals surface area contributed by atoms with Crippen molar-refractivity contribution in [3.05, 3.63) is 28.0 Å². The first-order chi connectivity index (χ1) is 8.15. The Morgan fingerprint density at radius 3 is 2.94 bits per heavy atom. The lowest BCUT2D eigenvalue weighted by molar-refractivity contribution is 0.293. The molecular formula is C12H17Cl2N3. The van der Waals surface area contributed by atoms with E-state index >= 15 is 0 Å². The van der Waals surface area contributed by atoms with Crippen molar-refractivity contribution in [1.29, 1.82) is 0 Å². The van der Waals surface area contributed by atoms with E-state index in [1.807, 2.05) is 6.07 Å². The summed E-state index contributed by atoms with van der Waals surface area (Å²) in [4.78, 5) is 6.31. The molecular weight excluding hydrogens is 257 g/mol. The van der Waals surface area contributed by atoms with Crippen LogP contribution in [-0.4, -0.2) is 36.1 Å². The van der Waals surface area contributed by atoms with Gasteiger partial charge >= 0.3 is 0 Å². The van der Waals surface area contributed by atoms with Gasteiger partial charge in [-0.15, -0.1) is 0 Å². The lowest BCUT2D eigenvalue weighted by Crippen LogP contribution is -2.35. The minimum atomic E-state index is 0.443. The smallest absolute Gasteiger partial charge is 0.135 e. The number of pyridine rings is 1. The van der Waals surface area contributed by atoms with E-state index in [0.717, 1.165) is 25.2 Å². The molecule has 5 heteroatoms. The van der Waals surface area contributed by atoms with E-state index in [4.69, 9.17) is 23.2 Å². The van der Waals surface area contributed by atoms with Crippen molar-refractivity contribution < 1.29 is 0 Å². The van der Waals surface area contributed by atoms with Gasteiger partial charge in [-0.05, 0) is 32.5 Å². The summed E-state index contributed by atoms with van der Waals surface area (Å²) in [5, 5.41) is 4.43. The van der Waals surface area contributed by atoms with Crippen LogP contribution >= 0.6 is 23.2 Å². The first-order valence-electron chi connectivity index (χ1n) is 5.88. The third-order valence-electron chi connectivity index (χ3n) is 3.03. The fraction of sp³-hybridized carbons (Fsp3) is 0.583. The van der Waals surface area contributed by atoms with Crippen LogP contribution in [-0.2, 0) is 6.54 Å². The van der Waals surface area contributed by atoms with Crippen LogP contribution in [0, 0.1) is 0 Å². The van der Waals surface area contributed by atoms with E-state index in [0.29, 0.717) is 16.3 Å². The molecule has 1 aliphatic rings. The van der Waals surface area contributed by atoms with Gasteiger partial charge in [-0.25, -0.2) is 4.98 Å². The van der Waals surface area contributed by atoms with Gasteiger partial charge in [0.05, 0.1) is 0 Å². The highest BCUT2D eigenvalue weighted by molar-refractivity contribution is 6.32. The van der Waals surface area contributed by atoms with Crippen LogP contribution < -0.4 is 5.32 Å². The molecule has 2 heterocycles. The molecule has 0 spiro atoms. The van der Waals surface area contributed by atoms with Gasteiger partial charge in [-0.3, -0.25) is 0 Å². The Morgan fingerprint density at radius 2 is 2.29 bits per heavy atom. The summed E-state index contributed by atoms with van der Waals surface area (Å²) in [6, 6.07) is 4.33. The minimum Gasteiger partial charge on any atom is -0.313 e. The van der Waals surface area contributed by atoms with Crippen molar-refractivity contribution in [1.82, 2.24) is 15.2 Å². The maximum Gasteiger partial charge on any atom is 0.135 e. The standard InChI is InChI=1S/C12H17Cl2N3/c1-17(8-10-3-2-6-15-10)7-9-4-5-11(13)16-12(9)14/h4-5,10,15H,2-3,6-8H2,1H3. The van der Waals surface area contributed by atoms with Crippen LogP contribution in [0.3, 0.4) is 0 Å². The molecule has 1 aromatic rings. The lowest BCUT2D eigenvalue weighted by atomic mass is 10.2. The molecule has 0 bridgehead atoms. The number of rotatable bonds is 4. The molecule has 1 atom stereocenters. The quantitative estimate of drug-likeness (QED) is 0.855. The maximum atomic E-state index is 6.05. The number of likely N-dealkylation sites (N-methyl/N-ethyl adjacent to an activating group) is 1. The van der Waals surface area contributed by atoms with Crippen molar-refractivity contribution in [2.45, 2.75) is 25.4 Å². The van der Waals surface area contributed by atoms with Crippen molar-refractivity contribution in [2.75, 3.05) is 20.1 Å². The van der Waals surface area contributed by atoms with E-state index in [9.17, 15) is 0 Å². The molecule has 0 amide bonds. The number of aromatic nitrogens is 1. The zero-order valence-electron chi connectivity index (χ0n) is 9.92. The van der Waals surface area contributed by atoms with Gasteiger partial charge in [0.25, 0.3) is 0 Å². The molecule has 0 aliphatic carbocycles. The number of halogens is 2.